The third kappa shape index (κ3) is 2.10. The van der Waals surface area contributed by atoms with Crippen molar-refractivity contribution in [3.63, 3.8) is 0 Å². The third-order valence-corrected chi connectivity index (χ3v) is 3.85. The first-order valence-corrected chi connectivity index (χ1v) is 6.34. The van der Waals surface area contributed by atoms with Crippen molar-refractivity contribution in [2.75, 3.05) is 20.1 Å². The van der Waals surface area contributed by atoms with E-state index in [9.17, 15) is 4.79 Å². The summed E-state index contributed by atoms with van der Waals surface area (Å²) in [5.74, 6) is 0. The van der Waals surface area contributed by atoms with Crippen LogP contribution in [-0.2, 0) is 0 Å². The maximum absolute atomic E-state index is 12.3. The average Bonchev–Trinajstić information content (AvgIpc) is 2.89. The van der Waals surface area contributed by atoms with Crippen molar-refractivity contribution in [1.29, 1.82) is 0 Å². The molecule has 3 N–H and O–H groups in total. The zero-order valence-electron chi connectivity index (χ0n) is 11.3. The molecule has 5 nitrogen and oxygen atoms in total. The Hall–Kier alpha value is -1.49. The Morgan fingerprint density at radius 3 is 2.83 bits per heavy atom. The van der Waals surface area contributed by atoms with Gasteiger partial charge in [-0.15, -0.1) is 0 Å². The van der Waals surface area contributed by atoms with E-state index in [0.717, 1.165) is 18.5 Å². The largest absolute Gasteiger partial charge is 0.367 e. The number of hydrogen-bond donors (Lipinski definition) is 2. The average molecular weight is 250 g/mol. The molecular formula is C13H22N4O. The summed E-state index contributed by atoms with van der Waals surface area (Å²) in [7, 11) is 1.86. The van der Waals surface area contributed by atoms with Gasteiger partial charge in [-0.2, -0.15) is 0 Å². The molecule has 100 valence electrons. The standard InChI is InChI=1S/C13H22N4O/c1-13(2,5-6-14)17-9-11(16(3)12(17)18)10-4-7-15-8-10/h4,7-8,11,15H,5-6,9,14H2,1-3H3. The van der Waals surface area contributed by atoms with Crippen LogP contribution in [0.4, 0.5) is 4.79 Å². The molecule has 1 atom stereocenters. The summed E-state index contributed by atoms with van der Waals surface area (Å²) in [6.45, 7) is 5.46. The molecule has 0 aliphatic carbocycles. The van der Waals surface area contributed by atoms with Gasteiger partial charge in [0.05, 0.1) is 6.04 Å². The van der Waals surface area contributed by atoms with Gasteiger partial charge >= 0.3 is 6.03 Å². The minimum Gasteiger partial charge on any atom is -0.367 e. The molecule has 5 heteroatoms. The summed E-state index contributed by atoms with van der Waals surface area (Å²) in [5.41, 5.74) is 6.60. The molecule has 2 rings (SSSR count). The van der Waals surface area contributed by atoms with Crippen molar-refractivity contribution in [3.8, 4) is 0 Å². The van der Waals surface area contributed by atoms with Crippen molar-refractivity contribution in [1.82, 2.24) is 14.8 Å². The highest BCUT2D eigenvalue weighted by atomic mass is 16.2. The number of nitrogens with zero attached hydrogens (tertiary/aromatic N) is 2. The van der Waals surface area contributed by atoms with Crippen LogP contribution >= 0.6 is 0 Å². The Bertz CT molecular complexity index is 413. The fourth-order valence-corrected chi connectivity index (χ4v) is 2.56. The van der Waals surface area contributed by atoms with E-state index >= 15 is 0 Å². The monoisotopic (exact) mass is 250 g/mol. The van der Waals surface area contributed by atoms with Crippen LogP contribution in [0.5, 0.6) is 0 Å². The van der Waals surface area contributed by atoms with Crippen molar-refractivity contribution in [3.05, 3.63) is 24.0 Å². The van der Waals surface area contributed by atoms with Crippen LogP contribution in [0.2, 0.25) is 0 Å². The molecule has 1 aliphatic rings. The SMILES string of the molecule is CN1C(=O)N(C(C)(C)CCN)CC1c1cc[nH]c1. The summed E-state index contributed by atoms with van der Waals surface area (Å²) in [5, 5.41) is 0. The van der Waals surface area contributed by atoms with Crippen LogP contribution in [0.15, 0.2) is 18.5 Å². The summed E-state index contributed by atoms with van der Waals surface area (Å²) in [4.78, 5) is 19.1. The van der Waals surface area contributed by atoms with Gasteiger partial charge in [-0.3, -0.25) is 0 Å². The van der Waals surface area contributed by atoms with Gasteiger partial charge in [0, 0.05) is 31.5 Å². The molecule has 0 spiro atoms. The number of rotatable bonds is 4. The first kappa shape index (κ1) is 13.0. The van der Waals surface area contributed by atoms with E-state index in [1.54, 1.807) is 4.90 Å². The Labute approximate surface area is 108 Å². The smallest absolute Gasteiger partial charge is 0.320 e. The zero-order chi connectivity index (χ0) is 13.3. The maximum Gasteiger partial charge on any atom is 0.320 e. The van der Waals surface area contributed by atoms with Crippen LogP contribution in [0, 0.1) is 0 Å². The third-order valence-electron chi connectivity index (χ3n) is 3.85. The zero-order valence-corrected chi connectivity index (χ0v) is 11.3. The normalized spacial score (nSPS) is 20.9. The second-order valence-electron chi connectivity index (χ2n) is 5.52. The summed E-state index contributed by atoms with van der Waals surface area (Å²) in [6, 6.07) is 2.23. The van der Waals surface area contributed by atoms with Gasteiger partial charge in [-0.25, -0.2) is 4.79 Å². The molecule has 0 bridgehead atoms. The molecule has 0 saturated carbocycles. The van der Waals surface area contributed by atoms with Gasteiger partial charge in [-0.05, 0) is 38.4 Å². The molecular weight excluding hydrogens is 228 g/mol. The fourth-order valence-electron chi connectivity index (χ4n) is 2.56. The summed E-state index contributed by atoms with van der Waals surface area (Å²) in [6.07, 6.45) is 4.65. The van der Waals surface area contributed by atoms with E-state index in [-0.39, 0.29) is 17.6 Å². The van der Waals surface area contributed by atoms with E-state index in [4.69, 9.17) is 5.73 Å². The minimum absolute atomic E-state index is 0.0830. The first-order valence-electron chi connectivity index (χ1n) is 6.34. The number of aromatic nitrogens is 1. The second-order valence-corrected chi connectivity index (χ2v) is 5.52. The number of nitrogens with two attached hydrogens (primary N) is 1. The number of aromatic amines is 1. The lowest BCUT2D eigenvalue weighted by Crippen LogP contribution is -2.47. The van der Waals surface area contributed by atoms with Crippen LogP contribution in [0.1, 0.15) is 31.9 Å². The second kappa shape index (κ2) is 4.65. The molecule has 0 radical (unpaired) electrons. The van der Waals surface area contributed by atoms with Crippen molar-refractivity contribution in [2.24, 2.45) is 5.73 Å². The quantitative estimate of drug-likeness (QED) is 0.851. The highest BCUT2D eigenvalue weighted by Crippen LogP contribution is 2.33. The lowest BCUT2D eigenvalue weighted by molar-refractivity contribution is 0.145. The topological polar surface area (TPSA) is 65.4 Å². The molecule has 1 aromatic heterocycles. The molecule has 2 amide bonds. The molecule has 18 heavy (non-hydrogen) atoms. The predicted molar refractivity (Wildman–Crippen MR) is 71.1 cm³/mol. The van der Waals surface area contributed by atoms with Gasteiger partial charge in [0.25, 0.3) is 0 Å². The molecule has 0 aromatic carbocycles. The number of nitrogens with one attached hydrogen (secondary N) is 1. The minimum atomic E-state index is -0.189. The lowest BCUT2D eigenvalue weighted by Gasteiger charge is -2.34. The van der Waals surface area contributed by atoms with Crippen LogP contribution in [0.3, 0.4) is 0 Å². The van der Waals surface area contributed by atoms with Crippen molar-refractivity contribution >= 4 is 6.03 Å². The number of H-pyrrole nitrogens is 1. The Morgan fingerprint density at radius 2 is 2.28 bits per heavy atom. The van der Waals surface area contributed by atoms with Crippen LogP contribution in [-0.4, -0.2) is 46.5 Å². The lowest BCUT2D eigenvalue weighted by atomic mass is 9.98. The number of hydrogen-bond acceptors (Lipinski definition) is 2. The van der Waals surface area contributed by atoms with Gasteiger partial charge in [0.1, 0.15) is 0 Å². The summed E-state index contributed by atoms with van der Waals surface area (Å²) < 4.78 is 0. The van der Waals surface area contributed by atoms with Gasteiger partial charge < -0.3 is 20.5 Å². The van der Waals surface area contributed by atoms with Crippen molar-refractivity contribution < 1.29 is 4.79 Å². The number of amides is 2. The molecule has 1 saturated heterocycles. The van der Waals surface area contributed by atoms with E-state index in [1.165, 1.54) is 0 Å². The highest BCUT2D eigenvalue weighted by molar-refractivity contribution is 5.78. The molecule has 1 unspecified atom stereocenters. The van der Waals surface area contributed by atoms with Crippen LogP contribution < -0.4 is 5.73 Å². The maximum atomic E-state index is 12.3. The van der Waals surface area contributed by atoms with E-state index in [1.807, 2.05) is 30.4 Å². The van der Waals surface area contributed by atoms with Crippen LogP contribution in [0.25, 0.3) is 0 Å². The van der Waals surface area contributed by atoms with Gasteiger partial charge in [0.2, 0.25) is 0 Å². The van der Waals surface area contributed by atoms with Gasteiger partial charge in [0.15, 0.2) is 0 Å². The number of carbonyl (C=O) groups excluding carboxylic acids is 1. The Morgan fingerprint density at radius 1 is 1.56 bits per heavy atom. The number of urea groups is 1. The Balaban J connectivity index is 2.20. The molecule has 1 aliphatic heterocycles. The predicted octanol–water partition coefficient (Wildman–Crippen LogP) is 1.55. The van der Waals surface area contributed by atoms with E-state index < -0.39 is 0 Å². The van der Waals surface area contributed by atoms with E-state index in [2.05, 4.69) is 18.8 Å². The highest BCUT2D eigenvalue weighted by Gasteiger charge is 2.42. The Kier molecular flexibility index (Phi) is 3.34. The first-order chi connectivity index (χ1) is 8.47. The fraction of sp³-hybridized carbons (Fsp3) is 0.615. The number of carbonyl (C=O) groups is 1. The van der Waals surface area contributed by atoms with Crippen molar-refractivity contribution in [2.45, 2.75) is 31.8 Å². The molecule has 2 heterocycles. The van der Waals surface area contributed by atoms with Gasteiger partial charge in [-0.1, -0.05) is 0 Å². The molecule has 1 aromatic rings. The van der Waals surface area contributed by atoms with E-state index in [0.29, 0.717) is 6.54 Å². The summed E-state index contributed by atoms with van der Waals surface area (Å²) >= 11 is 0. The molecule has 1 fully saturated rings. The number of likely N-dealkylation sites (N-methyl/N-ethyl adjacent to an activating group) is 1.